The molecule has 122 valence electrons. The second-order valence-corrected chi connectivity index (χ2v) is 12.9. The Hall–Kier alpha value is 0.717. The molecule has 0 aliphatic heterocycles. The lowest BCUT2D eigenvalue weighted by atomic mass is 10.1. The van der Waals surface area contributed by atoms with Crippen LogP contribution in [-0.2, 0) is 9.47 Å². The zero-order valence-corrected chi connectivity index (χ0v) is 15.8. The third-order valence-electron chi connectivity index (χ3n) is 3.30. The first-order valence-corrected chi connectivity index (χ1v) is 12.6. The van der Waals surface area contributed by atoms with Gasteiger partial charge in [0.15, 0.2) is 0 Å². The molecule has 5 heteroatoms. The van der Waals surface area contributed by atoms with Crippen molar-refractivity contribution in [1.29, 1.82) is 0 Å². The number of unbranched alkanes of at least 4 members (excludes halogenated alkanes) is 5. The van der Waals surface area contributed by atoms with Crippen LogP contribution in [0.3, 0.4) is 0 Å². The fourth-order valence-corrected chi connectivity index (χ4v) is 5.37. The van der Waals surface area contributed by atoms with Crippen LogP contribution in [0.15, 0.2) is 0 Å². The molecule has 0 unspecified atom stereocenters. The molecule has 0 radical (unpaired) electrons. The number of rotatable bonds is 15. The molecule has 0 N–H and O–H groups in total. The Morgan fingerprint density at radius 2 is 1.30 bits per heavy atom. The van der Waals surface area contributed by atoms with Crippen LogP contribution in [0.25, 0.3) is 0 Å². The molecule has 0 bridgehead atoms. The Balaban J connectivity index is 3.35. The minimum Gasteiger partial charge on any atom is -0.379 e. The molecule has 0 saturated carbocycles. The van der Waals surface area contributed by atoms with Crippen molar-refractivity contribution in [1.82, 2.24) is 0 Å². The summed E-state index contributed by atoms with van der Waals surface area (Å²) in [5.74, 6) is 0. The summed E-state index contributed by atoms with van der Waals surface area (Å²) >= 11 is 12.9. The molecule has 0 heterocycles. The van der Waals surface area contributed by atoms with Crippen LogP contribution >= 0.6 is 22.2 Å². The van der Waals surface area contributed by atoms with E-state index in [0.29, 0.717) is 13.2 Å². The predicted molar refractivity (Wildman–Crippen MR) is 92.4 cm³/mol. The van der Waals surface area contributed by atoms with Crippen molar-refractivity contribution in [2.75, 3.05) is 26.4 Å². The first-order valence-electron chi connectivity index (χ1n) is 8.15. The summed E-state index contributed by atoms with van der Waals surface area (Å²) in [5, 5.41) is 0. The van der Waals surface area contributed by atoms with Crippen LogP contribution in [0, 0.1) is 0 Å². The third kappa shape index (κ3) is 15.1. The van der Waals surface area contributed by atoms with Crippen LogP contribution in [0.4, 0.5) is 0 Å². The molecule has 0 saturated heterocycles. The van der Waals surface area contributed by atoms with Crippen molar-refractivity contribution in [3.63, 3.8) is 0 Å². The molecule has 0 aromatic heterocycles. The highest BCUT2D eigenvalue weighted by Crippen LogP contribution is 2.29. The van der Waals surface area contributed by atoms with Gasteiger partial charge in [-0.2, -0.15) is 0 Å². The van der Waals surface area contributed by atoms with Gasteiger partial charge in [0.1, 0.15) is 0 Å². The van der Waals surface area contributed by atoms with Crippen molar-refractivity contribution >= 4 is 28.9 Å². The second-order valence-electron chi connectivity index (χ2n) is 5.29. The molecule has 0 aliphatic rings. The lowest BCUT2D eigenvalue weighted by molar-refractivity contribution is 0.0531. The molecule has 0 amide bonds. The van der Waals surface area contributed by atoms with Crippen molar-refractivity contribution in [2.45, 2.75) is 70.9 Å². The van der Waals surface area contributed by atoms with Crippen molar-refractivity contribution in [2.24, 2.45) is 0 Å². The summed E-state index contributed by atoms with van der Waals surface area (Å²) in [6.45, 7) is 5.07. The molecular formula is C15H32Cl2O2Si. The fourth-order valence-electron chi connectivity index (χ4n) is 2.09. The van der Waals surface area contributed by atoms with E-state index < -0.39 is 6.69 Å². The van der Waals surface area contributed by atoms with Crippen LogP contribution in [0.5, 0.6) is 0 Å². The summed E-state index contributed by atoms with van der Waals surface area (Å²) < 4.78 is 10.7. The Morgan fingerprint density at radius 1 is 0.700 bits per heavy atom. The van der Waals surface area contributed by atoms with E-state index >= 15 is 0 Å². The van der Waals surface area contributed by atoms with Gasteiger partial charge in [0.05, 0.1) is 13.2 Å². The summed E-state index contributed by atoms with van der Waals surface area (Å²) in [6, 6.07) is 1.97. The van der Waals surface area contributed by atoms with Gasteiger partial charge >= 0.3 is 0 Å². The Kier molecular flexibility index (Phi) is 15.2. The van der Waals surface area contributed by atoms with Crippen molar-refractivity contribution in [3.8, 4) is 0 Å². The fraction of sp³-hybridized carbons (Fsp3) is 1.00. The van der Waals surface area contributed by atoms with Crippen molar-refractivity contribution < 1.29 is 9.47 Å². The number of hydrogen-bond donors (Lipinski definition) is 0. The van der Waals surface area contributed by atoms with E-state index in [9.17, 15) is 0 Å². The average molecular weight is 343 g/mol. The lowest BCUT2D eigenvalue weighted by Gasteiger charge is -2.16. The molecule has 0 atom stereocenters. The Labute approximate surface area is 135 Å². The van der Waals surface area contributed by atoms with Gasteiger partial charge in [-0.25, -0.2) is 0 Å². The number of ether oxygens (including phenoxy) is 2. The van der Waals surface area contributed by atoms with E-state index in [1.165, 1.54) is 38.5 Å². The van der Waals surface area contributed by atoms with E-state index in [0.717, 1.165) is 31.7 Å². The van der Waals surface area contributed by atoms with E-state index in [4.69, 9.17) is 31.6 Å². The molecular weight excluding hydrogens is 311 g/mol. The summed E-state index contributed by atoms with van der Waals surface area (Å²) in [6.07, 6.45) is 8.76. The predicted octanol–water partition coefficient (Wildman–Crippen LogP) is 5.71. The molecule has 0 aromatic rings. The maximum atomic E-state index is 6.46. The topological polar surface area (TPSA) is 18.5 Å². The van der Waals surface area contributed by atoms with Gasteiger partial charge in [-0.3, -0.25) is 0 Å². The number of hydrogen-bond acceptors (Lipinski definition) is 2. The summed E-state index contributed by atoms with van der Waals surface area (Å²) in [7, 11) is 0. The molecule has 0 fully saturated rings. The highest BCUT2D eigenvalue weighted by Gasteiger charge is 2.26. The molecule has 20 heavy (non-hydrogen) atoms. The normalized spacial score (nSPS) is 12.0. The van der Waals surface area contributed by atoms with Crippen molar-refractivity contribution in [3.05, 3.63) is 0 Å². The molecule has 2 nitrogen and oxygen atoms in total. The van der Waals surface area contributed by atoms with Crippen LogP contribution in [0.1, 0.15) is 58.8 Å². The van der Waals surface area contributed by atoms with Gasteiger partial charge < -0.3 is 9.47 Å². The van der Waals surface area contributed by atoms with Crippen LogP contribution < -0.4 is 0 Å². The zero-order valence-electron chi connectivity index (χ0n) is 13.3. The molecule has 0 spiro atoms. The monoisotopic (exact) mass is 342 g/mol. The lowest BCUT2D eigenvalue weighted by Crippen LogP contribution is -2.19. The summed E-state index contributed by atoms with van der Waals surface area (Å²) in [4.78, 5) is 0. The minimum atomic E-state index is -2.01. The van der Waals surface area contributed by atoms with Gasteiger partial charge in [-0.05, 0) is 25.4 Å². The SMILES string of the molecule is CCCCCCCC[Si](Cl)(Cl)CCCOCCOCC. The van der Waals surface area contributed by atoms with E-state index in [1.54, 1.807) is 0 Å². The quantitative estimate of drug-likeness (QED) is 0.215. The Morgan fingerprint density at radius 3 is 2.00 bits per heavy atom. The molecule has 0 aromatic carbocycles. The summed E-state index contributed by atoms with van der Waals surface area (Å²) in [5.41, 5.74) is 0. The van der Waals surface area contributed by atoms with E-state index in [2.05, 4.69) is 6.92 Å². The minimum absolute atomic E-state index is 0.671. The van der Waals surface area contributed by atoms with Crippen LogP contribution in [-0.4, -0.2) is 33.1 Å². The largest absolute Gasteiger partial charge is 0.379 e. The maximum Gasteiger partial charge on any atom is 0.251 e. The maximum absolute atomic E-state index is 6.46. The van der Waals surface area contributed by atoms with Gasteiger partial charge in [-0.15, -0.1) is 22.2 Å². The molecule has 0 aliphatic carbocycles. The first-order chi connectivity index (χ1) is 9.62. The van der Waals surface area contributed by atoms with Gasteiger partial charge in [0.2, 0.25) is 0 Å². The zero-order chi connectivity index (χ0) is 15.1. The smallest absolute Gasteiger partial charge is 0.251 e. The van der Waals surface area contributed by atoms with E-state index in [1.807, 2.05) is 6.92 Å². The van der Waals surface area contributed by atoms with E-state index in [-0.39, 0.29) is 0 Å². The van der Waals surface area contributed by atoms with Gasteiger partial charge in [0, 0.05) is 13.2 Å². The van der Waals surface area contributed by atoms with Gasteiger partial charge in [0.25, 0.3) is 6.69 Å². The second kappa shape index (κ2) is 14.6. The average Bonchev–Trinajstić information content (AvgIpc) is 2.41. The Bertz CT molecular complexity index is 204. The van der Waals surface area contributed by atoms with Crippen LogP contribution in [0.2, 0.25) is 12.1 Å². The highest BCUT2D eigenvalue weighted by atomic mass is 35.7. The number of halogens is 2. The third-order valence-corrected chi connectivity index (χ3v) is 7.74. The molecule has 0 rings (SSSR count). The standard InChI is InChI=1S/C15H32Cl2O2Si/c1-3-5-6-7-8-9-14-20(16,17)15-10-11-19-13-12-18-4-2/h3-15H2,1-2H3. The first kappa shape index (κ1) is 20.7. The van der Waals surface area contributed by atoms with Gasteiger partial charge in [-0.1, -0.05) is 45.4 Å². The highest BCUT2D eigenvalue weighted by molar-refractivity contribution is 7.45.